The molecule has 0 heterocycles. The van der Waals surface area contributed by atoms with Crippen molar-refractivity contribution in [2.45, 2.75) is 26.8 Å². The fraction of sp³-hybridized carbons (Fsp3) is 0.278. The van der Waals surface area contributed by atoms with Crippen LogP contribution in [0.25, 0.3) is 0 Å². The molecule has 0 aromatic heterocycles. The Morgan fingerprint density at radius 1 is 0.850 bits per heavy atom. The zero-order valence-electron chi connectivity index (χ0n) is 12.3. The highest BCUT2D eigenvalue weighted by Gasteiger charge is 2.25. The van der Waals surface area contributed by atoms with E-state index < -0.39 is 5.41 Å². The minimum Gasteiger partial charge on any atom is -0.345 e. The number of rotatable bonds is 3. The lowest BCUT2D eigenvalue weighted by molar-refractivity contribution is -0.129. The molecule has 1 N–H and O–H groups in total. The molecule has 2 rings (SSSR count). The standard InChI is InChI=1S/C18H21NO/c1-18(2,3)17(20)19-16(14-10-6-4-7-11-14)15-12-8-5-9-13-15/h4-13,16H,1-3H3,(H,19,20). The van der Waals surface area contributed by atoms with Crippen molar-refractivity contribution >= 4 is 5.91 Å². The fourth-order valence-corrected chi connectivity index (χ4v) is 2.00. The summed E-state index contributed by atoms with van der Waals surface area (Å²) in [5.74, 6) is 0.0511. The van der Waals surface area contributed by atoms with Crippen LogP contribution in [0.5, 0.6) is 0 Å². The SMILES string of the molecule is CC(C)(C)C(=O)NC(c1ccccc1)c1ccccc1. The van der Waals surface area contributed by atoms with Crippen LogP contribution in [0.1, 0.15) is 37.9 Å². The molecule has 2 aromatic rings. The van der Waals surface area contributed by atoms with Crippen molar-refractivity contribution in [3.05, 3.63) is 71.8 Å². The van der Waals surface area contributed by atoms with Crippen LogP contribution in [0, 0.1) is 5.41 Å². The summed E-state index contributed by atoms with van der Waals surface area (Å²) in [5.41, 5.74) is 1.79. The van der Waals surface area contributed by atoms with Crippen LogP contribution in [-0.2, 0) is 4.79 Å². The second-order valence-electron chi connectivity index (χ2n) is 5.98. The summed E-state index contributed by atoms with van der Waals surface area (Å²) in [6.45, 7) is 5.78. The lowest BCUT2D eigenvalue weighted by atomic mass is 9.92. The Morgan fingerprint density at radius 2 is 1.25 bits per heavy atom. The van der Waals surface area contributed by atoms with Crippen LogP contribution < -0.4 is 5.32 Å². The predicted octanol–water partition coefficient (Wildman–Crippen LogP) is 3.94. The van der Waals surface area contributed by atoms with Gasteiger partial charge in [-0.15, -0.1) is 0 Å². The van der Waals surface area contributed by atoms with Crippen molar-refractivity contribution in [2.24, 2.45) is 5.41 Å². The van der Waals surface area contributed by atoms with Crippen LogP contribution in [0.4, 0.5) is 0 Å². The molecule has 0 unspecified atom stereocenters. The van der Waals surface area contributed by atoms with Gasteiger partial charge in [0.2, 0.25) is 5.91 Å². The Labute approximate surface area is 120 Å². The molecule has 0 spiro atoms. The normalized spacial score (nSPS) is 11.4. The molecular weight excluding hydrogens is 246 g/mol. The average molecular weight is 267 g/mol. The predicted molar refractivity (Wildman–Crippen MR) is 82.3 cm³/mol. The summed E-state index contributed by atoms with van der Waals surface area (Å²) in [5, 5.41) is 3.15. The first-order chi connectivity index (χ1) is 9.48. The number of carbonyl (C=O) groups is 1. The smallest absolute Gasteiger partial charge is 0.226 e. The summed E-state index contributed by atoms with van der Waals surface area (Å²) < 4.78 is 0. The van der Waals surface area contributed by atoms with E-state index in [1.54, 1.807) is 0 Å². The van der Waals surface area contributed by atoms with E-state index in [-0.39, 0.29) is 11.9 Å². The summed E-state index contributed by atoms with van der Waals surface area (Å²) in [7, 11) is 0. The van der Waals surface area contributed by atoms with Gasteiger partial charge in [-0.2, -0.15) is 0 Å². The Morgan fingerprint density at radius 3 is 1.60 bits per heavy atom. The Kier molecular flexibility index (Phi) is 4.23. The van der Waals surface area contributed by atoms with Crippen molar-refractivity contribution in [1.82, 2.24) is 5.32 Å². The number of amides is 1. The largest absolute Gasteiger partial charge is 0.345 e. The molecule has 0 radical (unpaired) electrons. The molecule has 2 aromatic carbocycles. The first-order valence-electron chi connectivity index (χ1n) is 6.89. The maximum atomic E-state index is 12.3. The minimum absolute atomic E-state index is 0.0511. The number of nitrogens with one attached hydrogen (secondary N) is 1. The number of benzene rings is 2. The molecule has 0 saturated heterocycles. The van der Waals surface area contributed by atoms with Gasteiger partial charge in [0.05, 0.1) is 6.04 Å². The highest BCUT2D eigenvalue weighted by Crippen LogP contribution is 2.24. The van der Waals surface area contributed by atoms with Gasteiger partial charge in [0.15, 0.2) is 0 Å². The number of hydrogen-bond acceptors (Lipinski definition) is 1. The molecule has 20 heavy (non-hydrogen) atoms. The first-order valence-corrected chi connectivity index (χ1v) is 6.89. The number of carbonyl (C=O) groups excluding carboxylic acids is 1. The summed E-state index contributed by atoms with van der Waals surface area (Å²) >= 11 is 0. The van der Waals surface area contributed by atoms with E-state index in [2.05, 4.69) is 5.32 Å². The van der Waals surface area contributed by atoms with E-state index in [1.165, 1.54) is 0 Å². The van der Waals surface area contributed by atoms with Gasteiger partial charge in [0, 0.05) is 5.41 Å². The molecule has 0 fully saturated rings. The van der Waals surface area contributed by atoms with Crippen molar-refractivity contribution in [2.75, 3.05) is 0 Å². The van der Waals surface area contributed by atoms with Gasteiger partial charge < -0.3 is 5.32 Å². The molecule has 0 atom stereocenters. The van der Waals surface area contributed by atoms with Crippen molar-refractivity contribution in [3.63, 3.8) is 0 Å². The molecule has 104 valence electrons. The van der Waals surface area contributed by atoms with Gasteiger partial charge in [0.1, 0.15) is 0 Å². The van der Waals surface area contributed by atoms with Crippen LogP contribution >= 0.6 is 0 Å². The molecule has 0 saturated carbocycles. The second kappa shape index (κ2) is 5.91. The highest BCUT2D eigenvalue weighted by molar-refractivity contribution is 5.82. The second-order valence-corrected chi connectivity index (χ2v) is 5.98. The lowest BCUT2D eigenvalue weighted by Gasteiger charge is -2.25. The molecule has 0 aliphatic carbocycles. The average Bonchev–Trinajstić information content (AvgIpc) is 2.45. The van der Waals surface area contributed by atoms with Gasteiger partial charge in [-0.25, -0.2) is 0 Å². The maximum Gasteiger partial charge on any atom is 0.226 e. The van der Waals surface area contributed by atoms with Crippen molar-refractivity contribution < 1.29 is 4.79 Å². The monoisotopic (exact) mass is 267 g/mol. The van der Waals surface area contributed by atoms with Crippen molar-refractivity contribution in [1.29, 1.82) is 0 Å². The zero-order valence-corrected chi connectivity index (χ0v) is 12.3. The number of hydrogen-bond donors (Lipinski definition) is 1. The van der Waals surface area contributed by atoms with Crippen LogP contribution in [0.3, 0.4) is 0 Å². The minimum atomic E-state index is -0.401. The third-order valence-corrected chi connectivity index (χ3v) is 3.22. The van der Waals surface area contributed by atoms with E-state index in [9.17, 15) is 4.79 Å². The van der Waals surface area contributed by atoms with Gasteiger partial charge in [0.25, 0.3) is 0 Å². The molecule has 1 amide bonds. The van der Waals surface area contributed by atoms with Gasteiger partial charge in [-0.1, -0.05) is 81.4 Å². The van der Waals surface area contributed by atoms with E-state index in [0.717, 1.165) is 11.1 Å². The zero-order chi connectivity index (χ0) is 14.6. The summed E-state index contributed by atoms with van der Waals surface area (Å²) in [4.78, 5) is 12.3. The Balaban J connectivity index is 2.34. The molecule has 2 heteroatoms. The van der Waals surface area contributed by atoms with E-state index >= 15 is 0 Å². The van der Waals surface area contributed by atoms with E-state index in [0.29, 0.717) is 0 Å². The van der Waals surface area contributed by atoms with Crippen molar-refractivity contribution in [3.8, 4) is 0 Å². The summed E-state index contributed by atoms with van der Waals surface area (Å²) in [6, 6.07) is 20.0. The Bertz CT molecular complexity index is 515. The third-order valence-electron chi connectivity index (χ3n) is 3.22. The maximum absolute atomic E-state index is 12.3. The van der Waals surface area contributed by atoms with Crippen LogP contribution in [0.15, 0.2) is 60.7 Å². The topological polar surface area (TPSA) is 29.1 Å². The molecule has 2 nitrogen and oxygen atoms in total. The fourth-order valence-electron chi connectivity index (χ4n) is 2.00. The molecular formula is C18H21NO. The molecule has 0 bridgehead atoms. The summed E-state index contributed by atoms with van der Waals surface area (Å²) in [6.07, 6.45) is 0. The third kappa shape index (κ3) is 3.47. The van der Waals surface area contributed by atoms with E-state index in [4.69, 9.17) is 0 Å². The molecule has 0 aliphatic rings. The lowest BCUT2D eigenvalue weighted by Crippen LogP contribution is -2.37. The highest BCUT2D eigenvalue weighted by atomic mass is 16.2. The van der Waals surface area contributed by atoms with E-state index in [1.807, 2.05) is 81.4 Å². The quantitative estimate of drug-likeness (QED) is 0.896. The van der Waals surface area contributed by atoms with Gasteiger partial charge in [-0.3, -0.25) is 4.79 Å². The van der Waals surface area contributed by atoms with Crippen LogP contribution in [-0.4, -0.2) is 5.91 Å². The van der Waals surface area contributed by atoms with Crippen LogP contribution in [0.2, 0.25) is 0 Å². The molecule has 0 aliphatic heterocycles. The Hall–Kier alpha value is -2.09. The van der Waals surface area contributed by atoms with Gasteiger partial charge >= 0.3 is 0 Å². The first kappa shape index (κ1) is 14.3. The van der Waals surface area contributed by atoms with Gasteiger partial charge in [-0.05, 0) is 11.1 Å².